The number of ether oxygens (including phenoxy) is 1. The minimum Gasteiger partial charge on any atom is -0.496 e. The highest BCUT2D eigenvalue weighted by atomic mass is 79.9. The van der Waals surface area contributed by atoms with Crippen molar-refractivity contribution in [2.75, 3.05) is 25.6 Å². The molecule has 1 heterocycles. The highest BCUT2D eigenvalue weighted by Crippen LogP contribution is 2.56. The Morgan fingerprint density at radius 2 is 2.00 bits per heavy atom. The van der Waals surface area contributed by atoms with Gasteiger partial charge in [0.15, 0.2) is 0 Å². The maximum atomic E-state index is 13.8. The molecule has 0 radical (unpaired) electrons. The Labute approximate surface area is 177 Å². The van der Waals surface area contributed by atoms with Gasteiger partial charge in [-0.3, -0.25) is 0 Å². The molecule has 5 rings (SSSR count). The van der Waals surface area contributed by atoms with Crippen molar-refractivity contribution in [3.63, 3.8) is 0 Å². The molecule has 2 aliphatic carbocycles. The largest absolute Gasteiger partial charge is 0.496 e. The molecule has 0 aromatic heterocycles. The van der Waals surface area contributed by atoms with Crippen LogP contribution < -0.4 is 9.64 Å². The second-order valence-corrected chi connectivity index (χ2v) is 10.6. The van der Waals surface area contributed by atoms with Gasteiger partial charge in [-0.05, 0) is 65.2 Å². The van der Waals surface area contributed by atoms with Gasteiger partial charge in [0.25, 0.3) is 0 Å². The molecule has 2 fully saturated rings. The fourth-order valence-corrected chi connectivity index (χ4v) is 7.59. The Kier molecular flexibility index (Phi) is 4.56. The second kappa shape index (κ2) is 6.85. The first-order chi connectivity index (χ1) is 13.5. The van der Waals surface area contributed by atoms with Gasteiger partial charge in [-0.1, -0.05) is 24.6 Å². The summed E-state index contributed by atoms with van der Waals surface area (Å²) >= 11 is 3.64. The van der Waals surface area contributed by atoms with E-state index in [4.69, 9.17) is 4.74 Å². The molecule has 2 saturated carbocycles. The average Bonchev–Trinajstić information content (AvgIpc) is 3.31. The summed E-state index contributed by atoms with van der Waals surface area (Å²) in [6, 6.07) is 14.5. The van der Waals surface area contributed by atoms with Crippen LogP contribution in [0.3, 0.4) is 0 Å². The lowest BCUT2D eigenvalue weighted by molar-refractivity contribution is 0.146. The number of likely N-dealkylation sites (N-methyl/N-ethyl adjacent to an activating group) is 1. The van der Waals surface area contributed by atoms with E-state index in [9.17, 15) is 4.21 Å². The Morgan fingerprint density at radius 3 is 2.64 bits per heavy atom. The third kappa shape index (κ3) is 2.68. The normalized spacial score (nSPS) is 31.8. The number of hydrogen-bond donors (Lipinski definition) is 0. The Morgan fingerprint density at radius 1 is 1.21 bits per heavy atom. The number of methoxy groups -OCH3 is 1. The SMILES string of the molecule is COc1cc2c(cc1Br)N(c1ccccc1)CC1(CC3CCC1C3)N(C)S2=O. The van der Waals surface area contributed by atoms with Gasteiger partial charge in [0, 0.05) is 25.3 Å². The summed E-state index contributed by atoms with van der Waals surface area (Å²) in [5, 5.41) is 0. The first-order valence-electron chi connectivity index (χ1n) is 9.89. The van der Waals surface area contributed by atoms with Crippen molar-refractivity contribution in [2.45, 2.75) is 36.1 Å². The second-order valence-electron chi connectivity index (χ2n) is 8.31. The van der Waals surface area contributed by atoms with Gasteiger partial charge >= 0.3 is 0 Å². The molecule has 4 nitrogen and oxygen atoms in total. The van der Waals surface area contributed by atoms with Gasteiger partial charge in [-0.15, -0.1) is 0 Å². The summed E-state index contributed by atoms with van der Waals surface area (Å²) in [4.78, 5) is 3.20. The summed E-state index contributed by atoms with van der Waals surface area (Å²) in [6.45, 7) is 0.867. The van der Waals surface area contributed by atoms with E-state index in [1.165, 1.54) is 19.3 Å². The highest BCUT2D eigenvalue weighted by molar-refractivity contribution is 9.10. The van der Waals surface area contributed by atoms with Gasteiger partial charge in [-0.2, -0.15) is 0 Å². The van der Waals surface area contributed by atoms with Gasteiger partial charge in [0.2, 0.25) is 0 Å². The molecule has 0 amide bonds. The third-order valence-corrected chi connectivity index (χ3v) is 9.22. The van der Waals surface area contributed by atoms with E-state index in [1.54, 1.807) is 7.11 Å². The summed E-state index contributed by atoms with van der Waals surface area (Å²) in [5.74, 6) is 2.10. The zero-order chi connectivity index (χ0) is 19.5. The van der Waals surface area contributed by atoms with E-state index < -0.39 is 11.0 Å². The van der Waals surface area contributed by atoms with Crippen LogP contribution in [0.5, 0.6) is 5.75 Å². The van der Waals surface area contributed by atoms with Crippen molar-refractivity contribution in [3.05, 3.63) is 46.9 Å². The van der Waals surface area contributed by atoms with E-state index in [2.05, 4.69) is 62.5 Å². The molecule has 148 valence electrons. The van der Waals surface area contributed by atoms with Gasteiger partial charge in [0.05, 0.1) is 27.7 Å². The minimum absolute atomic E-state index is 0.0532. The number of fused-ring (bicyclic) bond motifs is 4. The molecule has 6 heteroatoms. The van der Waals surface area contributed by atoms with Crippen molar-refractivity contribution in [3.8, 4) is 5.75 Å². The maximum Gasteiger partial charge on any atom is 0.134 e. The van der Waals surface area contributed by atoms with E-state index in [0.29, 0.717) is 5.92 Å². The molecule has 28 heavy (non-hydrogen) atoms. The van der Waals surface area contributed by atoms with Crippen LogP contribution in [-0.4, -0.2) is 34.8 Å². The number of anilines is 2. The van der Waals surface area contributed by atoms with Crippen LogP contribution >= 0.6 is 15.9 Å². The molecule has 0 saturated heterocycles. The Hall–Kier alpha value is -1.37. The van der Waals surface area contributed by atoms with Crippen molar-refractivity contribution >= 4 is 38.3 Å². The monoisotopic (exact) mass is 460 g/mol. The molecule has 2 aromatic rings. The standard InChI is InChI=1S/C22H25BrN2O2S/c1-24-22(13-15-8-9-16(22)10-15)14-25(17-6-4-3-5-7-17)19-11-18(23)20(27-2)12-21(19)28(24)26/h3-7,11-12,15-16H,8-10,13-14H2,1-2H3. The zero-order valence-corrected chi connectivity index (χ0v) is 18.6. The van der Waals surface area contributed by atoms with E-state index in [0.717, 1.165) is 45.4 Å². The number of hydrogen-bond acceptors (Lipinski definition) is 3. The van der Waals surface area contributed by atoms with Crippen LogP contribution in [0, 0.1) is 11.8 Å². The molecule has 3 aliphatic rings. The quantitative estimate of drug-likeness (QED) is 0.622. The van der Waals surface area contributed by atoms with Crippen LogP contribution in [0.4, 0.5) is 11.4 Å². The summed E-state index contributed by atoms with van der Waals surface area (Å²) in [5.41, 5.74) is 2.10. The summed E-state index contributed by atoms with van der Waals surface area (Å²) < 4.78 is 22.4. The van der Waals surface area contributed by atoms with Gasteiger partial charge in [-0.25, -0.2) is 8.51 Å². The first kappa shape index (κ1) is 18.6. The summed E-state index contributed by atoms with van der Waals surface area (Å²) in [6.07, 6.45) is 4.98. The third-order valence-electron chi connectivity index (χ3n) is 7.03. The summed E-state index contributed by atoms with van der Waals surface area (Å²) in [7, 11) is 2.48. The van der Waals surface area contributed by atoms with E-state index >= 15 is 0 Å². The lowest BCUT2D eigenvalue weighted by atomic mass is 9.80. The van der Waals surface area contributed by atoms with Crippen molar-refractivity contribution in [1.29, 1.82) is 0 Å². The molecular formula is C22H25BrN2O2S. The molecule has 4 unspecified atom stereocenters. The molecular weight excluding hydrogens is 436 g/mol. The predicted octanol–water partition coefficient (Wildman–Crippen LogP) is 5.12. The minimum atomic E-state index is -1.23. The first-order valence-corrected chi connectivity index (χ1v) is 11.8. The highest BCUT2D eigenvalue weighted by Gasteiger charge is 2.56. The smallest absolute Gasteiger partial charge is 0.134 e. The lowest BCUT2D eigenvalue weighted by Gasteiger charge is -2.45. The number of halogens is 1. The Bertz CT molecular complexity index is 938. The fourth-order valence-electron chi connectivity index (χ4n) is 5.64. The van der Waals surface area contributed by atoms with E-state index in [-0.39, 0.29) is 5.54 Å². The Balaban J connectivity index is 1.72. The fraction of sp³-hybridized carbons (Fsp3) is 0.455. The van der Waals surface area contributed by atoms with Crippen LogP contribution in [0.25, 0.3) is 0 Å². The van der Waals surface area contributed by atoms with E-state index in [1.807, 2.05) is 12.1 Å². The maximum absolute atomic E-state index is 13.8. The zero-order valence-electron chi connectivity index (χ0n) is 16.2. The molecule has 1 spiro atoms. The molecule has 1 aliphatic heterocycles. The number of benzene rings is 2. The number of para-hydroxylation sites is 1. The van der Waals surface area contributed by atoms with Crippen LogP contribution in [-0.2, 0) is 11.0 Å². The number of nitrogens with zero attached hydrogens (tertiary/aromatic N) is 2. The van der Waals surface area contributed by atoms with Gasteiger partial charge < -0.3 is 9.64 Å². The van der Waals surface area contributed by atoms with Crippen molar-refractivity contribution in [2.24, 2.45) is 11.8 Å². The topological polar surface area (TPSA) is 32.8 Å². The molecule has 2 bridgehead atoms. The molecule has 2 aromatic carbocycles. The van der Waals surface area contributed by atoms with Crippen LogP contribution in [0.15, 0.2) is 51.8 Å². The average molecular weight is 461 g/mol. The van der Waals surface area contributed by atoms with Gasteiger partial charge in [0.1, 0.15) is 16.7 Å². The molecule has 4 atom stereocenters. The molecule has 0 N–H and O–H groups in total. The predicted molar refractivity (Wildman–Crippen MR) is 116 cm³/mol. The van der Waals surface area contributed by atoms with Crippen LogP contribution in [0.1, 0.15) is 25.7 Å². The van der Waals surface area contributed by atoms with Crippen molar-refractivity contribution < 1.29 is 8.95 Å². The number of rotatable bonds is 2. The van der Waals surface area contributed by atoms with Crippen molar-refractivity contribution in [1.82, 2.24) is 4.31 Å². The lowest BCUT2D eigenvalue weighted by Crippen LogP contribution is -2.55. The van der Waals surface area contributed by atoms with Crippen LogP contribution in [0.2, 0.25) is 0 Å².